The van der Waals surface area contributed by atoms with E-state index in [4.69, 9.17) is 26.6 Å². The normalized spacial score (nSPS) is 17.3. The van der Waals surface area contributed by atoms with E-state index in [1.807, 2.05) is 12.1 Å². The molecule has 0 saturated heterocycles. The first-order valence-electron chi connectivity index (χ1n) is 6.66. The van der Waals surface area contributed by atoms with Crippen LogP contribution in [0.2, 0.25) is 5.02 Å². The van der Waals surface area contributed by atoms with Gasteiger partial charge in [-0.2, -0.15) is 4.98 Å². The summed E-state index contributed by atoms with van der Waals surface area (Å²) in [6.45, 7) is 0.212. The summed E-state index contributed by atoms with van der Waals surface area (Å²) in [7, 11) is 0. The Morgan fingerprint density at radius 2 is 2.15 bits per heavy atom. The molecule has 0 amide bonds. The standard InChI is InChI=1S/C14H16ClN3O2/c15-10-4-3-5-11(8-10)19-9-12-17-13(18-20-12)14(16)6-1-2-7-14/h3-5,8H,1-2,6-7,9,16H2. The largest absolute Gasteiger partial charge is 0.484 e. The lowest BCUT2D eigenvalue weighted by atomic mass is 9.99. The highest BCUT2D eigenvalue weighted by molar-refractivity contribution is 6.30. The molecule has 106 valence electrons. The number of benzene rings is 1. The number of hydrogen-bond donors (Lipinski definition) is 1. The Labute approximate surface area is 122 Å². The maximum absolute atomic E-state index is 6.28. The summed E-state index contributed by atoms with van der Waals surface area (Å²) in [5.74, 6) is 1.68. The van der Waals surface area contributed by atoms with Crippen LogP contribution in [0, 0.1) is 0 Å². The zero-order chi connectivity index (χ0) is 14.0. The van der Waals surface area contributed by atoms with Crippen molar-refractivity contribution in [2.75, 3.05) is 0 Å². The molecule has 5 nitrogen and oxygen atoms in total. The molecule has 1 saturated carbocycles. The van der Waals surface area contributed by atoms with Gasteiger partial charge in [0.2, 0.25) is 0 Å². The topological polar surface area (TPSA) is 74.2 Å². The van der Waals surface area contributed by atoms with E-state index in [2.05, 4.69) is 10.1 Å². The Hall–Kier alpha value is -1.59. The molecule has 0 aliphatic heterocycles. The minimum absolute atomic E-state index is 0.212. The molecule has 2 aromatic rings. The van der Waals surface area contributed by atoms with Crippen molar-refractivity contribution in [3.8, 4) is 5.75 Å². The molecule has 0 atom stereocenters. The molecule has 2 N–H and O–H groups in total. The third-order valence-corrected chi connectivity index (χ3v) is 3.80. The predicted octanol–water partition coefficient (Wildman–Crippen LogP) is 3.03. The van der Waals surface area contributed by atoms with E-state index in [1.165, 1.54) is 0 Å². The van der Waals surface area contributed by atoms with E-state index in [9.17, 15) is 0 Å². The molecule has 1 aliphatic rings. The van der Waals surface area contributed by atoms with Gasteiger partial charge in [-0.15, -0.1) is 0 Å². The molecule has 0 spiro atoms. The number of aromatic nitrogens is 2. The van der Waals surface area contributed by atoms with Gasteiger partial charge in [-0.3, -0.25) is 0 Å². The Balaban J connectivity index is 1.65. The van der Waals surface area contributed by atoms with Gasteiger partial charge in [-0.25, -0.2) is 0 Å². The highest BCUT2D eigenvalue weighted by Gasteiger charge is 2.35. The fourth-order valence-corrected chi connectivity index (χ4v) is 2.63. The average molecular weight is 294 g/mol. The fraction of sp³-hybridized carbons (Fsp3) is 0.429. The van der Waals surface area contributed by atoms with Gasteiger partial charge < -0.3 is 15.0 Å². The molecule has 6 heteroatoms. The average Bonchev–Trinajstić information content (AvgIpc) is 3.06. The van der Waals surface area contributed by atoms with Gasteiger partial charge in [0.1, 0.15) is 5.75 Å². The summed E-state index contributed by atoms with van der Waals surface area (Å²) in [5, 5.41) is 4.61. The van der Waals surface area contributed by atoms with Crippen LogP contribution in [0.25, 0.3) is 0 Å². The summed E-state index contributed by atoms with van der Waals surface area (Å²) in [5.41, 5.74) is 5.84. The molecule has 20 heavy (non-hydrogen) atoms. The van der Waals surface area contributed by atoms with E-state index in [0.29, 0.717) is 22.5 Å². The molecule has 1 aromatic carbocycles. The lowest BCUT2D eigenvalue weighted by Crippen LogP contribution is -2.34. The van der Waals surface area contributed by atoms with Crippen LogP contribution in [0.1, 0.15) is 37.4 Å². The monoisotopic (exact) mass is 293 g/mol. The highest BCUT2D eigenvalue weighted by Crippen LogP contribution is 2.34. The van der Waals surface area contributed by atoms with Crippen LogP contribution < -0.4 is 10.5 Å². The maximum atomic E-state index is 6.28. The quantitative estimate of drug-likeness (QED) is 0.938. The lowest BCUT2D eigenvalue weighted by molar-refractivity contribution is 0.241. The summed E-state index contributed by atoms with van der Waals surface area (Å²) < 4.78 is 10.8. The third kappa shape index (κ3) is 2.78. The van der Waals surface area contributed by atoms with Crippen molar-refractivity contribution < 1.29 is 9.26 Å². The number of rotatable bonds is 4. The summed E-state index contributed by atoms with van der Waals surface area (Å²) in [6.07, 6.45) is 4.03. The predicted molar refractivity (Wildman–Crippen MR) is 74.4 cm³/mol. The minimum Gasteiger partial charge on any atom is -0.484 e. The van der Waals surface area contributed by atoms with Crippen LogP contribution in [0.3, 0.4) is 0 Å². The molecular formula is C14H16ClN3O2. The second-order valence-electron chi connectivity index (χ2n) is 5.12. The molecule has 1 aromatic heterocycles. The van der Waals surface area contributed by atoms with Gasteiger partial charge in [0.05, 0.1) is 5.54 Å². The van der Waals surface area contributed by atoms with Crippen molar-refractivity contribution >= 4 is 11.6 Å². The van der Waals surface area contributed by atoms with Crippen molar-refractivity contribution in [2.24, 2.45) is 5.73 Å². The third-order valence-electron chi connectivity index (χ3n) is 3.57. The summed E-state index contributed by atoms with van der Waals surface area (Å²) in [6, 6.07) is 7.17. The molecule has 3 rings (SSSR count). The van der Waals surface area contributed by atoms with Crippen molar-refractivity contribution in [3.63, 3.8) is 0 Å². The van der Waals surface area contributed by atoms with E-state index < -0.39 is 5.54 Å². The van der Waals surface area contributed by atoms with Gasteiger partial charge in [0, 0.05) is 5.02 Å². The van der Waals surface area contributed by atoms with Gasteiger partial charge in [-0.05, 0) is 31.0 Å². The number of hydrogen-bond acceptors (Lipinski definition) is 5. The van der Waals surface area contributed by atoms with Crippen molar-refractivity contribution in [2.45, 2.75) is 37.8 Å². The minimum atomic E-state index is -0.433. The SMILES string of the molecule is NC1(c2noc(COc3cccc(Cl)c3)n2)CCCC1. The Morgan fingerprint density at radius 1 is 1.35 bits per heavy atom. The Morgan fingerprint density at radius 3 is 2.90 bits per heavy atom. The number of ether oxygens (including phenoxy) is 1. The van der Waals surface area contributed by atoms with Crippen LogP contribution in [-0.4, -0.2) is 10.1 Å². The van der Waals surface area contributed by atoms with Crippen molar-refractivity contribution in [3.05, 3.63) is 41.0 Å². The zero-order valence-electron chi connectivity index (χ0n) is 11.0. The van der Waals surface area contributed by atoms with Gasteiger partial charge in [-0.1, -0.05) is 35.7 Å². The Kier molecular flexibility index (Phi) is 3.63. The van der Waals surface area contributed by atoms with Crippen LogP contribution in [0.5, 0.6) is 5.75 Å². The summed E-state index contributed by atoms with van der Waals surface area (Å²) in [4.78, 5) is 4.34. The Bertz CT molecular complexity index is 594. The number of nitrogens with two attached hydrogens (primary N) is 1. The van der Waals surface area contributed by atoms with Crippen LogP contribution >= 0.6 is 11.6 Å². The molecule has 0 radical (unpaired) electrons. The zero-order valence-corrected chi connectivity index (χ0v) is 11.8. The molecule has 0 bridgehead atoms. The van der Waals surface area contributed by atoms with E-state index >= 15 is 0 Å². The fourth-order valence-electron chi connectivity index (χ4n) is 2.45. The van der Waals surface area contributed by atoms with E-state index in [-0.39, 0.29) is 6.61 Å². The second-order valence-corrected chi connectivity index (χ2v) is 5.56. The molecular weight excluding hydrogens is 278 g/mol. The first kappa shape index (κ1) is 13.4. The second kappa shape index (κ2) is 5.42. The molecule has 1 aliphatic carbocycles. The van der Waals surface area contributed by atoms with Gasteiger partial charge in [0.15, 0.2) is 12.4 Å². The maximum Gasteiger partial charge on any atom is 0.264 e. The van der Waals surface area contributed by atoms with Crippen LogP contribution in [0.15, 0.2) is 28.8 Å². The van der Waals surface area contributed by atoms with Crippen molar-refractivity contribution in [1.29, 1.82) is 0 Å². The van der Waals surface area contributed by atoms with E-state index in [1.54, 1.807) is 12.1 Å². The van der Waals surface area contributed by atoms with E-state index in [0.717, 1.165) is 25.7 Å². The highest BCUT2D eigenvalue weighted by atomic mass is 35.5. The first-order valence-corrected chi connectivity index (χ1v) is 7.04. The number of halogens is 1. The van der Waals surface area contributed by atoms with Gasteiger partial charge >= 0.3 is 0 Å². The molecule has 1 heterocycles. The van der Waals surface area contributed by atoms with Gasteiger partial charge in [0.25, 0.3) is 5.89 Å². The molecule has 0 unspecified atom stereocenters. The first-order chi connectivity index (χ1) is 9.66. The lowest BCUT2D eigenvalue weighted by Gasteiger charge is -2.17. The molecule has 1 fully saturated rings. The summed E-state index contributed by atoms with van der Waals surface area (Å²) >= 11 is 5.89. The van der Waals surface area contributed by atoms with Crippen LogP contribution in [-0.2, 0) is 12.1 Å². The number of nitrogens with zero attached hydrogens (tertiary/aromatic N) is 2. The smallest absolute Gasteiger partial charge is 0.264 e. The van der Waals surface area contributed by atoms with Crippen LogP contribution in [0.4, 0.5) is 0 Å². The van der Waals surface area contributed by atoms with Crippen molar-refractivity contribution in [1.82, 2.24) is 10.1 Å².